The van der Waals surface area contributed by atoms with E-state index in [1.54, 1.807) is 18.3 Å². The summed E-state index contributed by atoms with van der Waals surface area (Å²) in [6.45, 7) is 0.126. The van der Waals surface area contributed by atoms with Crippen molar-refractivity contribution in [1.29, 1.82) is 0 Å². The van der Waals surface area contributed by atoms with Crippen LogP contribution in [0, 0.1) is 5.82 Å². The van der Waals surface area contributed by atoms with E-state index in [0.29, 0.717) is 18.4 Å². The topological polar surface area (TPSA) is 33.1 Å². The van der Waals surface area contributed by atoms with Crippen LogP contribution in [0.5, 0.6) is 0 Å². The molecule has 0 spiro atoms. The summed E-state index contributed by atoms with van der Waals surface area (Å²) in [6.07, 6.45) is 2.88. The highest BCUT2D eigenvalue weighted by Gasteiger charge is 2.06. The molecule has 0 bridgehead atoms. The van der Waals surface area contributed by atoms with Crippen molar-refractivity contribution < 1.29 is 9.50 Å². The van der Waals surface area contributed by atoms with Gasteiger partial charge in [-0.2, -0.15) is 0 Å². The third kappa shape index (κ3) is 2.65. The molecule has 4 heteroatoms. The molecular weight excluding hydrogens is 225 g/mol. The van der Waals surface area contributed by atoms with Crippen LogP contribution < -0.4 is 0 Å². The van der Waals surface area contributed by atoms with E-state index in [9.17, 15) is 4.39 Å². The third-order valence-electron chi connectivity index (χ3n) is 2.26. The van der Waals surface area contributed by atoms with Gasteiger partial charge in [0.25, 0.3) is 0 Å². The molecule has 2 rings (SSSR count). The molecule has 16 heavy (non-hydrogen) atoms. The van der Waals surface area contributed by atoms with Crippen molar-refractivity contribution in [3.63, 3.8) is 0 Å². The average Bonchev–Trinajstić information content (AvgIpc) is 2.70. The SMILES string of the molecule is OCCc1cnc(Cc2ccccc2F)s1. The highest BCUT2D eigenvalue weighted by Crippen LogP contribution is 2.18. The maximum Gasteiger partial charge on any atom is 0.126 e. The van der Waals surface area contributed by atoms with Crippen molar-refractivity contribution in [2.45, 2.75) is 12.8 Å². The van der Waals surface area contributed by atoms with E-state index >= 15 is 0 Å². The standard InChI is InChI=1S/C12H12FNOS/c13-11-4-2-1-3-9(11)7-12-14-8-10(16-12)5-6-15/h1-4,8,15H,5-7H2. The van der Waals surface area contributed by atoms with Gasteiger partial charge in [-0.3, -0.25) is 0 Å². The summed E-state index contributed by atoms with van der Waals surface area (Å²) >= 11 is 1.52. The minimum Gasteiger partial charge on any atom is -0.396 e. The first-order chi connectivity index (χ1) is 7.79. The molecule has 0 aliphatic carbocycles. The Labute approximate surface area is 97.4 Å². The van der Waals surface area contributed by atoms with Gasteiger partial charge in [0, 0.05) is 30.5 Å². The van der Waals surface area contributed by atoms with Gasteiger partial charge in [-0.05, 0) is 11.6 Å². The maximum absolute atomic E-state index is 13.4. The fourth-order valence-electron chi connectivity index (χ4n) is 1.46. The normalized spacial score (nSPS) is 10.6. The molecule has 0 unspecified atom stereocenters. The van der Waals surface area contributed by atoms with E-state index in [4.69, 9.17) is 5.11 Å². The smallest absolute Gasteiger partial charge is 0.126 e. The number of benzene rings is 1. The lowest BCUT2D eigenvalue weighted by molar-refractivity contribution is 0.300. The molecule has 0 atom stereocenters. The zero-order chi connectivity index (χ0) is 11.4. The Hall–Kier alpha value is -1.26. The van der Waals surface area contributed by atoms with Crippen LogP contribution in [-0.2, 0) is 12.8 Å². The van der Waals surface area contributed by atoms with E-state index < -0.39 is 0 Å². The summed E-state index contributed by atoms with van der Waals surface area (Å²) in [5.74, 6) is -0.193. The molecule has 1 aromatic carbocycles. The number of hydrogen-bond acceptors (Lipinski definition) is 3. The van der Waals surface area contributed by atoms with Gasteiger partial charge < -0.3 is 5.11 Å². The second-order valence-corrected chi connectivity index (χ2v) is 4.66. The van der Waals surface area contributed by atoms with Crippen molar-refractivity contribution in [3.05, 3.63) is 51.7 Å². The predicted molar refractivity (Wildman–Crippen MR) is 62.1 cm³/mol. The van der Waals surface area contributed by atoms with Gasteiger partial charge in [0.2, 0.25) is 0 Å². The quantitative estimate of drug-likeness (QED) is 0.885. The molecular formula is C12H12FNOS. The van der Waals surface area contributed by atoms with Gasteiger partial charge in [0.1, 0.15) is 5.82 Å². The molecule has 84 valence electrons. The fraction of sp³-hybridized carbons (Fsp3) is 0.250. The summed E-state index contributed by atoms with van der Waals surface area (Å²) in [5, 5.41) is 9.66. The first-order valence-corrected chi connectivity index (χ1v) is 5.89. The minimum atomic E-state index is -0.193. The summed E-state index contributed by atoms with van der Waals surface area (Å²) in [7, 11) is 0. The van der Waals surface area contributed by atoms with Crippen LogP contribution in [0.1, 0.15) is 15.4 Å². The van der Waals surface area contributed by atoms with E-state index in [0.717, 1.165) is 9.88 Å². The van der Waals surface area contributed by atoms with Crippen LogP contribution in [0.2, 0.25) is 0 Å². The average molecular weight is 237 g/mol. The fourth-order valence-corrected chi connectivity index (χ4v) is 2.39. The molecule has 1 N–H and O–H groups in total. The Morgan fingerprint density at radius 1 is 1.31 bits per heavy atom. The third-order valence-corrected chi connectivity index (χ3v) is 3.32. The lowest BCUT2D eigenvalue weighted by Gasteiger charge is -1.98. The van der Waals surface area contributed by atoms with Crippen molar-refractivity contribution >= 4 is 11.3 Å². The maximum atomic E-state index is 13.4. The molecule has 0 aliphatic rings. The van der Waals surface area contributed by atoms with E-state index in [1.165, 1.54) is 17.4 Å². The second-order valence-electron chi connectivity index (χ2n) is 3.46. The Morgan fingerprint density at radius 3 is 2.88 bits per heavy atom. The Morgan fingerprint density at radius 2 is 2.12 bits per heavy atom. The van der Waals surface area contributed by atoms with Gasteiger partial charge >= 0.3 is 0 Å². The lowest BCUT2D eigenvalue weighted by Crippen LogP contribution is -1.90. The number of halogens is 1. The molecule has 1 heterocycles. The summed E-state index contributed by atoms with van der Waals surface area (Å²) < 4.78 is 13.4. The van der Waals surface area contributed by atoms with Crippen LogP contribution in [0.25, 0.3) is 0 Å². The summed E-state index contributed by atoms with van der Waals surface area (Å²) in [6, 6.07) is 6.72. The van der Waals surface area contributed by atoms with E-state index in [1.807, 2.05) is 6.07 Å². The van der Waals surface area contributed by atoms with Crippen LogP contribution in [0.15, 0.2) is 30.5 Å². The number of aliphatic hydroxyl groups is 1. The van der Waals surface area contributed by atoms with Crippen LogP contribution in [0.4, 0.5) is 4.39 Å². The van der Waals surface area contributed by atoms with Crippen molar-refractivity contribution in [1.82, 2.24) is 4.98 Å². The van der Waals surface area contributed by atoms with Gasteiger partial charge in [-0.1, -0.05) is 18.2 Å². The summed E-state index contributed by atoms with van der Waals surface area (Å²) in [5.41, 5.74) is 0.660. The van der Waals surface area contributed by atoms with Crippen molar-refractivity contribution in [3.8, 4) is 0 Å². The number of nitrogens with zero attached hydrogens (tertiary/aromatic N) is 1. The molecule has 0 fully saturated rings. The monoisotopic (exact) mass is 237 g/mol. The molecule has 2 nitrogen and oxygen atoms in total. The largest absolute Gasteiger partial charge is 0.396 e. The Bertz CT molecular complexity index is 470. The number of hydrogen-bond donors (Lipinski definition) is 1. The number of aliphatic hydroxyl groups excluding tert-OH is 1. The molecule has 1 aromatic heterocycles. The van der Waals surface area contributed by atoms with E-state index in [2.05, 4.69) is 4.98 Å². The predicted octanol–water partition coefficient (Wildman–Crippen LogP) is 2.41. The second kappa shape index (κ2) is 5.18. The summed E-state index contributed by atoms with van der Waals surface area (Å²) in [4.78, 5) is 5.25. The van der Waals surface area contributed by atoms with Gasteiger partial charge in [0.15, 0.2) is 0 Å². The van der Waals surface area contributed by atoms with Gasteiger partial charge in [0.05, 0.1) is 5.01 Å². The zero-order valence-electron chi connectivity index (χ0n) is 8.69. The number of thiazole rings is 1. The van der Waals surface area contributed by atoms with Gasteiger partial charge in [-0.25, -0.2) is 9.37 Å². The first-order valence-electron chi connectivity index (χ1n) is 5.07. The van der Waals surface area contributed by atoms with Crippen LogP contribution >= 0.6 is 11.3 Å². The first kappa shape index (κ1) is 11.2. The lowest BCUT2D eigenvalue weighted by atomic mass is 10.1. The van der Waals surface area contributed by atoms with E-state index in [-0.39, 0.29) is 12.4 Å². The molecule has 0 saturated heterocycles. The Kier molecular flexibility index (Phi) is 3.64. The highest BCUT2D eigenvalue weighted by molar-refractivity contribution is 7.11. The van der Waals surface area contributed by atoms with Crippen LogP contribution in [0.3, 0.4) is 0 Å². The van der Waals surface area contributed by atoms with Crippen molar-refractivity contribution in [2.75, 3.05) is 6.61 Å². The Balaban J connectivity index is 2.11. The molecule has 0 aliphatic heterocycles. The zero-order valence-corrected chi connectivity index (χ0v) is 9.51. The van der Waals surface area contributed by atoms with Crippen molar-refractivity contribution in [2.24, 2.45) is 0 Å². The van der Waals surface area contributed by atoms with Gasteiger partial charge in [-0.15, -0.1) is 11.3 Å². The highest BCUT2D eigenvalue weighted by atomic mass is 32.1. The molecule has 0 amide bonds. The van der Waals surface area contributed by atoms with Crippen LogP contribution in [-0.4, -0.2) is 16.7 Å². The molecule has 0 saturated carbocycles. The molecule has 2 aromatic rings. The minimum absolute atomic E-state index is 0.126. The number of aromatic nitrogens is 1. The number of rotatable bonds is 4. The molecule has 0 radical (unpaired) electrons.